The zero-order chi connectivity index (χ0) is 11.5. The second-order valence-electron chi connectivity index (χ2n) is 3.84. The van der Waals surface area contributed by atoms with Crippen LogP contribution in [0, 0.1) is 0 Å². The Balaban J connectivity index is 2.29. The third-order valence-corrected chi connectivity index (χ3v) is 5.41. The Morgan fingerprint density at radius 1 is 1.44 bits per heavy atom. The summed E-state index contributed by atoms with van der Waals surface area (Å²) < 4.78 is 0.848. The Kier molecular flexibility index (Phi) is 4.50. The van der Waals surface area contributed by atoms with E-state index in [4.69, 9.17) is 11.6 Å². The van der Waals surface area contributed by atoms with E-state index in [1.54, 1.807) is 0 Å². The number of halogens is 2. The molecule has 0 radical (unpaired) electrons. The average Bonchev–Trinajstić information content (AvgIpc) is 2.33. The SMILES string of the molecule is CCc1nc(C2CCCCS2)nc(Cl)c1Br. The number of aromatic nitrogens is 2. The molecule has 0 aromatic carbocycles. The Labute approximate surface area is 114 Å². The largest absolute Gasteiger partial charge is 0.235 e. The molecule has 0 N–H and O–H groups in total. The van der Waals surface area contributed by atoms with Gasteiger partial charge < -0.3 is 0 Å². The van der Waals surface area contributed by atoms with Crippen LogP contribution in [0.1, 0.15) is 43.0 Å². The summed E-state index contributed by atoms with van der Waals surface area (Å²) in [6, 6.07) is 0. The first kappa shape index (κ1) is 12.7. The van der Waals surface area contributed by atoms with Gasteiger partial charge in [0, 0.05) is 0 Å². The zero-order valence-electron chi connectivity index (χ0n) is 9.17. The van der Waals surface area contributed by atoms with Gasteiger partial charge in [0.15, 0.2) is 0 Å². The molecular formula is C11H14BrClN2S. The highest BCUT2D eigenvalue weighted by Gasteiger charge is 2.21. The van der Waals surface area contributed by atoms with Crippen molar-refractivity contribution in [2.24, 2.45) is 0 Å². The maximum absolute atomic E-state index is 6.11. The van der Waals surface area contributed by atoms with Crippen molar-refractivity contribution in [2.45, 2.75) is 37.9 Å². The minimum Gasteiger partial charge on any atom is -0.235 e. The van der Waals surface area contributed by atoms with E-state index < -0.39 is 0 Å². The Bertz CT molecular complexity index is 380. The fourth-order valence-electron chi connectivity index (χ4n) is 1.80. The first-order valence-corrected chi connectivity index (χ1v) is 7.77. The number of hydrogen-bond donors (Lipinski definition) is 0. The Morgan fingerprint density at radius 3 is 2.88 bits per heavy atom. The molecule has 0 saturated carbocycles. The Hall–Kier alpha value is 0.200. The van der Waals surface area contributed by atoms with Crippen molar-refractivity contribution in [3.63, 3.8) is 0 Å². The van der Waals surface area contributed by atoms with Gasteiger partial charge in [-0.25, -0.2) is 9.97 Å². The van der Waals surface area contributed by atoms with Crippen LogP contribution in [0.2, 0.25) is 5.15 Å². The van der Waals surface area contributed by atoms with Gasteiger partial charge in [-0.2, -0.15) is 11.8 Å². The molecule has 2 heterocycles. The van der Waals surface area contributed by atoms with E-state index in [1.165, 1.54) is 25.0 Å². The number of nitrogens with zero attached hydrogens (tertiary/aromatic N) is 2. The van der Waals surface area contributed by atoms with Gasteiger partial charge in [0.05, 0.1) is 15.4 Å². The fourth-order valence-corrected chi connectivity index (χ4v) is 3.70. The first-order valence-electron chi connectivity index (χ1n) is 5.55. The quantitative estimate of drug-likeness (QED) is 0.754. The van der Waals surface area contributed by atoms with Gasteiger partial charge in [0.25, 0.3) is 0 Å². The summed E-state index contributed by atoms with van der Waals surface area (Å²) in [5, 5.41) is 0.984. The summed E-state index contributed by atoms with van der Waals surface area (Å²) in [6.07, 6.45) is 4.64. The maximum atomic E-state index is 6.11. The summed E-state index contributed by atoms with van der Waals surface area (Å²) >= 11 is 11.5. The monoisotopic (exact) mass is 320 g/mol. The number of thioether (sulfide) groups is 1. The predicted octanol–water partition coefficient (Wildman–Crippen LogP) is 4.41. The van der Waals surface area contributed by atoms with Gasteiger partial charge in [-0.05, 0) is 40.9 Å². The van der Waals surface area contributed by atoms with Crippen molar-refractivity contribution in [1.29, 1.82) is 0 Å². The fraction of sp³-hybridized carbons (Fsp3) is 0.636. The second-order valence-corrected chi connectivity index (χ2v) is 6.30. The highest BCUT2D eigenvalue weighted by atomic mass is 79.9. The molecule has 1 fully saturated rings. The lowest BCUT2D eigenvalue weighted by Gasteiger charge is -2.20. The lowest BCUT2D eigenvalue weighted by molar-refractivity contribution is 0.658. The predicted molar refractivity (Wildman–Crippen MR) is 73.2 cm³/mol. The molecule has 2 nitrogen and oxygen atoms in total. The molecule has 1 saturated heterocycles. The van der Waals surface area contributed by atoms with Crippen molar-refractivity contribution in [3.05, 3.63) is 21.1 Å². The number of aryl methyl sites for hydroxylation is 1. The van der Waals surface area contributed by atoms with E-state index in [-0.39, 0.29) is 0 Å². The van der Waals surface area contributed by atoms with Crippen LogP contribution >= 0.6 is 39.3 Å². The van der Waals surface area contributed by atoms with Crippen molar-refractivity contribution < 1.29 is 0 Å². The van der Waals surface area contributed by atoms with Crippen molar-refractivity contribution >= 4 is 39.3 Å². The summed E-state index contributed by atoms with van der Waals surface area (Å²) in [5.41, 5.74) is 1.01. The molecule has 1 aliphatic rings. The number of hydrogen-bond acceptors (Lipinski definition) is 3. The van der Waals surface area contributed by atoms with Crippen LogP contribution in [0.15, 0.2) is 4.47 Å². The lowest BCUT2D eigenvalue weighted by Crippen LogP contribution is -2.09. The summed E-state index contributed by atoms with van der Waals surface area (Å²) in [6.45, 7) is 2.08. The molecule has 0 aliphatic carbocycles. The van der Waals surface area contributed by atoms with Crippen LogP contribution in [-0.4, -0.2) is 15.7 Å². The molecule has 1 atom stereocenters. The highest BCUT2D eigenvalue weighted by Crippen LogP contribution is 2.38. The van der Waals surface area contributed by atoms with Crippen LogP contribution in [0.5, 0.6) is 0 Å². The van der Waals surface area contributed by atoms with Crippen molar-refractivity contribution in [1.82, 2.24) is 9.97 Å². The lowest BCUT2D eigenvalue weighted by atomic mass is 10.2. The van der Waals surface area contributed by atoms with Gasteiger partial charge in [-0.1, -0.05) is 24.9 Å². The van der Waals surface area contributed by atoms with Gasteiger partial charge in [-0.3, -0.25) is 0 Å². The van der Waals surface area contributed by atoms with Crippen molar-refractivity contribution in [2.75, 3.05) is 5.75 Å². The van der Waals surface area contributed by atoms with Crippen LogP contribution in [0.4, 0.5) is 0 Å². The molecule has 2 rings (SSSR count). The zero-order valence-corrected chi connectivity index (χ0v) is 12.3. The molecule has 1 aliphatic heterocycles. The summed E-state index contributed by atoms with van der Waals surface area (Å²) in [5.74, 6) is 2.12. The van der Waals surface area contributed by atoms with Crippen LogP contribution in [-0.2, 0) is 6.42 Å². The molecule has 0 spiro atoms. The maximum Gasteiger partial charge on any atom is 0.147 e. The summed E-state index contributed by atoms with van der Waals surface area (Å²) in [7, 11) is 0. The highest BCUT2D eigenvalue weighted by molar-refractivity contribution is 9.10. The minimum atomic E-state index is 0.435. The second kappa shape index (κ2) is 5.69. The third kappa shape index (κ3) is 2.71. The van der Waals surface area contributed by atoms with Crippen molar-refractivity contribution in [3.8, 4) is 0 Å². The molecule has 0 amide bonds. The average molecular weight is 322 g/mol. The topological polar surface area (TPSA) is 25.8 Å². The summed E-state index contributed by atoms with van der Waals surface area (Å²) in [4.78, 5) is 9.00. The smallest absolute Gasteiger partial charge is 0.147 e. The van der Waals surface area contributed by atoms with Crippen LogP contribution in [0.25, 0.3) is 0 Å². The molecule has 5 heteroatoms. The van der Waals surface area contributed by atoms with E-state index in [9.17, 15) is 0 Å². The third-order valence-electron chi connectivity index (χ3n) is 2.70. The molecule has 1 aromatic heterocycles. The van der Waals surface area contributed by atoms with E-state index in [2.05, 4.69) is 32.8 Å². The van der Waals surface area contributed by atoms with Gasteiger partial charge in [0.2, 0.25) is 0 Å². The molecule has 1 unspecified atom stereocenters. The molecule has 16 heavy (non-hydrogen) atoms. The Morgan fingerprint density at radius 2 is 2.25 bits per heavy atom. The number of rotatable bonds is 2. The van der Waals surface area contributed by atoms with E-state index in [0.29, 0.717) is 10.4 Å². The van der Waals surface area contributed by atoms with Gasteiger partial charge >= 0.3 is 0 Å². The van der Waals surface area contributed by atoms with Gasteiger partial charge in [0.1, 0.15) is 11.0 Å². The van der Waals surface area contributed by atoms with E-state index in [0.717, 1.165) is 22.4 Å². The van der Waals surface area contributed by atoms with Crippen LogP contribution in [0.3, 0.4) is 0 Å². The van der Waals surface area contributed by atoms with Crippen LogP contribution < -0.4 is 0 Å². The van der Waals surface area contributed by atoms with E-state index in [1.807, 2.05) is 11.8 Å². The van der Waals surface area contributed by atoms with Gasteiger partial charge in [-0.15, -0.1) is 0 Å². The molecular weight excluding hydrogens is 308 g/mol. The molecule has 88 valence electrons. The molecule has 1 aromatic rings. The first-order chi connectivity index (χ1) is 7.72. The minimum absolute atomic E-state index is 0.435. The normalized spacial score (nSPS) is 21.1. The van der Waals surface area contributed by atoms with E-state index >= 15 is 0 Å². The standard InChI is InChI=1S/C11H14BrClN2S/c1-2-7-9(12)10(13)15-11(14-7)8-5-3-4-6-16-8/h8H,2-6H2,1H3. The molecule has 0 bridgehead atoms.